The number of methoxy groups -OCH3 is 1. The van der Waals surface area contributed by atoms with Gasteiger partial charge >= 0.3 is 5.97 Å². The van der Waals surface area contributed by atoms with E-state index in [9.17, 15) is 9.90 Å². The Morgan fingerprint density at radius 2 is 2.09 bits per heavy atom. The number of aryl methyl sites for hydroxylation is 1. The summed E-state index contributed by atoms with van der Waals surface area (Å²) >= 11 is 6.14. The maximum absolute atomic E-state index is 11.4. The fourth-order valence-corrected chi connectivity index (χ4v) is 5.26. The lowest BCUT2D eigenvalue weighted by molar-refractivity contribution is 0.0696. The van der Waals surface area contributed by atoms with Gasteiger partial charge in [0.25, 0.3) is 0 Å². The molecular weight excluding hydrogens is 452 g/mol. The number of H-pyrrole nitrogens is 1. The highest BCUT2D eigenvalue weighted by Crippen LogP contribution is 2.40. The second kappa shape index (κ2) is 9.16. The third kappa shape index (κ3) is 4.17. The van der Waals surface area contributed by atoms with E-state index in [0.717, 1.165) is 59.3 Å². The van der Waals surface area contributed by atoms with E-state index in [1.54, 1.807) is 25.4 Å². The molecule has 0 saturated carbocycles. The van der Waals surface area contributed by atoms with E-state index in [2.05, 4.69) is 34.0 Å². The van der Waals surface area contributed by atoms with Gasteiger partial charge in [0.05, 0.1) is 29.9 Å². The van der Waals surface area contributed by atoms with Crippen molar-refractivity contribution >= 4 is 28.5 Å². The first-order valence-electron chi connectivity index (χ1n) is 11.3. The molecule has 0 radical (unpaired) electrons. The first-order valence-corrected chi connectivity index (χ1v) is 11.7. The lowest BCUT2D eigenvalue weighted by Gasteiger charge is -2.40. The van der Waals surface area contributed by atoms with Gasteiger partial charge in [-0.2, -0.15) is 5.10 Å². The largest absolute Gasteiger partial charge is 0.496 e. The molecule has 4 aromatic rings. The molecule has 0 bridgehead atoms. The molecule has 2 atom stereocenters. The number of rotatable bonds is 6. The average Bonchev–Trinajstić information content (AvgIpc) is 3.51. The van der Waals surface area contributed by atoms with E-state index in [-0.39, 0.29) is 17.6 Å². The number of likely N-dealkylation sites (tertiary alicyclic amines) is 1. The number of carboxylic acid groups (broad SMARTS) is 1. The van der Waals surface area contributed by atoms with Crippen LogP contribution in [0.5, 0.6) is 5.75 Å². The summed E-state index contributed by atoms with van der Waals surface area (Å²) < 4.78 is 7.74. The molecule has 5 rings (SSSR count). The fourth-order valence-electron chi connectivity index (χ4n) is 5.12. The van der Waals surface area contributed by atoms with Crippen LogP contribution in [0.15, 0.2) is 55.0 Å². The van der Waals surface area contributed by atoms with E-state index in [4.69, 9.17) is 16.3 Å². The van der Waals surface area contributed by atoms with Crippen molar-refractivity contribution in [3.05, 3.63) is 82.3 Å². The van der Waals surface area contributed by atoms with Crippen molar-refractivity contribution in [1.82, 2.24) is 19.7 Å². The lowest BCUT2D eigenvalue weighted by Crippen LogP contribution is -2.37. The Morgan fingerprint density at radius 1 is 1.29 bits per heavy atom. The monoisotopic (exact) mass is 478 g/mol. The van der Waals surface area contributed by atoms with Crippen LogP contribution in [0.1, 0.15) is 52.0 Å². The highest BCUT2D eigenvalue weighted by Gasteiger charge is 2.32. The summed E-state index contributed by atoms with van der Waals surface area (Å²) in [5, 5.41) is 15.6. The zero-order valence-corrected chi connectivity index (χ0v) is 19.9. The molecule has 8 heteroatoms. The summed E-state index contributed by atoms with van der Waals surface area (Å²) in [6.07, 6.45) is 7.29. The van der Waals surface area contributed by atoms with Crippen molar-refractivity contribution in [2.24, 2.45) is 0 Å². The van der Waals surface area contributed by atoms with Gasteiger partial charge < -0.3 is 14.8 Å². The van der Waals surface area contributed by atoms with Crippen LogP contribution < -0.4 is 4.74 Å². The Kier molecular flexibility index (Phi) is 6.06. The Bertz CT molecular complexity index is 1330. The van der Waals surface area contributed by atoms with Gasteiger partial charge in [-0.05, 0) is 55.2 Å². The minimum absolute atomic E-state index is 0.0876. The number of hydrogen-bond acceptors (Lipinski definition) is 4. The molecule has 0 spiro atoms. The van der Waals surface area contributed by atoms with Crippen LogP contribution in [-0.4, -0.2) is 44.4 Å². The lowest BCUT2D eigenvalue weighted by atomic mass is 9.90. The molecular formula is C26H27ClN4O3. The number of nitrogens with zero attached hydrogens (tertiary/aromatic N) is 3. The molecule has 2 aromatic carbocycles. The van der Waals surface area contributed by atoms with Crippen LogP contribution in [0.25, 0.3) is 10.9 Å². The number of aromatic amines is 1. The smallest absolute Gasteiger partial charge is 0.335 e. The summed E-state index contributed by atoms with van der Waals surface area (Å²) in [6, 6.07) is 11.7. The van der Waals surface area contributed by atoms with E-state index < -0.39 is 5.97 Å². The normalized spacial score (nSPS) is 18.9. The first-order chi connectivity index (χ1) is 16.4. The number of benzene rings is 2. The Balaban J connectivity index is 1.51. The standard InChI is InChI=1S/C26H27ClN4O3/c1-16-11-24(34-2)22(21-7-9-28-25(16)21)15-30-10-8-20(31-14-19(27)13-29-31)12-23(30)17-3-5-18(6-4-17)26(32)33/h3-7,9,11,13-14,20,23,28H,8,10,12,15H2,1-2H3,(H,32,33)/t20-,23-/m0/s1. The number of carboxylic acids is 1. The Morgan fingerprint density at radius 3 is 2.76 bits per heavy atom. The second-order valence-electron chi connectivity index (χ2n) is 8.87. The first kappa shape index (κ1) is 22.5. The van der Waals surface area contributed by atoms with Crippen LogP contribution in [0.4, 0.5) is 0 Å². The van der Waals surface area contributed by atoms with Crippen LogP contribution in [0.2, 0.25) is 5.02 Å². The van der Waals surface area contributed by atoms with Gasteiger partial charge in [0.15, 0.2) is 0 Å². The van der Waals surface area contributed by atoms with Gasteiger partial charge in [-0.1, -0.05) is 23.7 Å². The maximum atomic E-state index is 11.4. The number of carbonyl (C=O) groups is 1. The summed E-state index contributed by atoms with van der Waals surface area (Å²) in [5.41, 5.74) is 4.80. The number of piperidine rings is 1. The Labute approximate surface area is 202 Å². The van der Waals surface area contributed by atoms with Gasteiger partial charge in [-0.3, -0.25) is 9.58 Å². The van der Waals surface area contributed by atoms with Gasteiger partial charge in [0, 0.05) is 48.0 Å². The number of ether oxygens (including phenoxy) is 1. The molecule has 0 amide bonds. The predicted molar refractivity (Wildman–Crippen MR) is 132 cm³/mol. The molecule has 1 aliphatic heterocycles. The van der Waals surface area contributed by atoms with Gasteiger partial charge in [0.2, 0.25) is 0 Å². The molecule has 1 fully saturated rings. The van der Waals surface area contributed by atoms with Gasteiger partial charge in [-0.25, -0.2) is 4.79 Å². The quantitative estimate of drug-likeness (QED) is 0.376. The molecule has 1 aliphatic rings. The number of aromatic carboxylic acids is 1. The van der Waals surface area contributed by atoms with Crippen molar-refractivity contribution in [3.8, 4) is 5.75 Å². The number of fused-ring (bicyclic) bond motifs is 1. The summed E-state index contributed by atoms with van der Waals surface area (Å²) in [6.45, 7) is 3.66. The number of nitrogens with one attached hydrogen (secondary N) is 1. The second-order valence-corrected chi connectivity index (χ2v) is 9.31. The molecule has 0 unspecified atom stereocenters. The highest BCUT2D eigenvalue weighted by molar-refractivity contribution is 6.30. The highest BCUT2D eigenvalue weighted by atomic mass is 35.5. The van der Waals surface area contributed by atoms with E-state index in [1.165, 1.54) is 0 Å². The van der Waals surface area contributed by atoms with E-state index >= 15 is 0 Å². The van der Waals surface area contributed by atoms with E-state index in [0.29, 0.717) is 5.02 Å². The summed E-state index contributed by atoms with van der Waals surface area (Å²) in [4.78, 5) is 17.2. The van der Waals surface area contributed by atoms with Crippen molar-refractivity contribution in [2.45, 2.75) is 38.4 Å². The molecule has 3 heterocycles. The van der Waals surface area contributed by atoms with Crippen LogP contribution in [-0.2, 0) is 6.54 Å². The van der Waals surface area contributed by atoms with Gasteiger partial charge in [0.1, 0.15) is 5.75 Å². The molecule has 2 N–H and O–H groups in total. The van der Waals surface area contributed by atoms with E-state index in [1.807, 2.05) is 29.2 Å². The molecule has 1 saturated heterocycles. The van der Waals surface area contributed by atoms with Crippen molar-refractivity contribution in [1.29, 1.82) is 0 Å². The predicted octanol–water partition coefficient (Wildman–Crippen LogP) is 5.61. The number of halogens is 1. The van der Waals surface area contributed by atoms with Crippen molar-refractivity contribution in [3.63, 3.8) is 0 Å². The minimum atomic E-state index is -0.921. The molecule has 7 nitrogen and oxygen atoms in total. The molecule has 176 valence electrons. The molecule has 34 heavy (non-hydrogen) atoms. The topological polar surface area (TPSA) is 83.4 Å². The molecule has 0 aliphatic carbocycles. The third-order valence-corrected chi connectivity index (χ3v) is 7.06. The fraction of sp³-hybridized carbons (Fsp3) is 0.308. The number of aromatic nitrogens is 3. The van der Waals surface area contributed by atoms with Crippen LogP contribution in [0, 0.1) is 6.92 Å². The SMILES string of the molecule is COc1cc(C)c2[nH]ccc2c1CN1CC[C@H](n2cc(Cl)cn2)C[C@H]1c1ccc(C(=O)O)cc1. The molecule has 2 aromatic heterocycles. The maximum Gasteiger partial charge on any atom is 0.335 e. The van der Waals surface area contributed by atoms with Crippen LogP contribution >= 0.6 is 11.6 Å². The van der Waals surface area contributed by atoms with Crippen molar-refractivity contribution < 1.29 is 14.6 Å². The third-order valence-electron chi connectivity index (χ3n) is 6.86. The Hall–Kier alpha value is -3.29. The number of hydrogen-bond donors (Lipinski definition) is 2. The minimum Gasteiger partial charge on any atom is -0.496 e. The van der Waals surface area contributed by atoms with Gasteiger partial charge in [-0.15, -0.1) is 0 Å². The van der Waals surface area contributed by atoms with Crippen LogP contribution in [0.3, 0.4) is 0 Å². The summed E-state index contributed by atoms with van der Waals surface area (Å²) in [7, 11) is 1.71. The average molecular weight is 479 g/mol. The zero-order valence-electron chi connectivity index (χ0n) is 19.2. The zero-order chi connectivity index (χ0) is 23.8. The van der Waals surface area contributed by atoms with Crippen molar-refractivity contribution in [2.75, 3.05) is 13.7 Å². The summed E-state index contributed by atoms with van der Waals surface area (Å²) in [5.74, 6) is -0.0408.